The first kappa shape index (κ1) is 9.99. The van der Waals surface area contributed by atoms with Crippen LogP contribution in [0.1, 0.15) is 5.56 Å². The molecule has 0 atom stereocenters. The number of ether oxygens (including phenoxy) is 1. The summed E-state index contributed by atoms with van der Waals surface area (Å²) in [6.07, 6.45) is 3.69. The van der Waals surface area contributed by atoms with Gasteiger partial charge in [0.1, 0.15) is 6.61 Å². The number of halogens is 1. The van der Waals surface area contributed by atoms with Crippen molar-refractivity contribution in [1.29, 1.82) is 0 Å². The fourth-order valence-electron chi connectivity index (χ4n) is 0.853. The van der Waals surface area contributed by atoms with Gasteiger partial charge in [-0.3, -0.25) is 4.79 Å². The van der Waals surface area contributed by atoms with Crippen LogP contribution in [-0.2, 0) is 9.53 Å². The van der Waals surface area contributed by atoms with Crippen LogP contribution in [0.5, 0.6) is 0 Å². The molecule has 1 rings (SSSR count). The number of rotatable bonds is 4. The Bertz CT molecular complexity index is 290. The predicted molar refractivity (Wildman–Crippen MR) is 55.2 cm³/mol. The molecule has 0 heterocycles. The number of carbonyl (C=O) groups excluding carboxylic acids is 1. The van der Waals surface area contributed by atoms with Crippen molar-refractivity contribution in [3.63, 3.8) is 0 Å². The van der Waals surface area contributed by atoms with E-state index in [0.29, 0.717) is 13.1 Å². The van der Waals surface area contributed by atoms with E-state index in [1.165, 1.54) is 0 Å². The second-order valence-electron chi connectivity index (χ2n) is 2.38. The molecule has 68 valence electrons. The summed E-state index contributed by atoms with van der Waals surface area (Å²) in [7, 11) is 0. The van der Waals surface area contributed by atoms with E-state index in [4.69, 9.17) is 0 Å². The average Bonchev–Trinajstić information content (AvgIpc) is 2.15. The van der Waals surface area contributed by atoms with Gasteiger partial charge in [0.2, 0.25) is 0 Å². The van der Waals surface area contributed by atoms with Gasteiger partial charge in [0.05, 0.1) is 0 Å². The summed E-state index contributed by atoms with van der Waals surface area (Å²) >= 11 is 3.34. The van der Waals surface area contributed by atoms with Gasteiger partial charge in [-0.2, -0.15) is 0 Å². The first-order chi connectivity index (χ1) is 6.33. The summed E-state index contributed by atoms with van der Waals surface area (Å²) < 4.78 is 5.55. The molecular weight excluding hydrogens is 232 g/mol. The Morgan fingerprint density at radius 3 is 2.62 bits per heavy atom. The molecule has 0 unspecified atom stereocenters. The molecule has 0 fully saturated rings. The van der Waals surface area contributed by atoms with Crippen molar-refractivity contribution >= 4 is 28.5 Å². The lowest BCUT2D eigenvalue weighted by Crippen LogP contribution is -1.85. The zero-order valence-electron chi connectivity index (χ0n) is 6.94. The van der Waals surface area contributed by atoms with Crippen molar-refractivity contribution in [2.75, 3.05) is 6.61 Å². The largest absolute Gasteiger partial charge is 0.464 e. The van der Waals surface area contributed by atoms with E-state index in [1.54, 1.807) is 6.08 Å². The number of hydrogen-bond acceptors (Lipinski definition) is 2. The van der Waals surface area contributed by atoms with Crippen molar-refractivity contribution < 1.29 is 9.53 Å². The van der Waals surface area contributed by atoms with Crippen LogP contribution in [0.4, 0.5) is 0 Å². The van der Waals surface area contributed by atoms with Crippen molar-refractivity contribution in [3.05, 3.63) is 40.4 Å². The maximum absolute atomic E-state index is 9.80. The van der Waals surface area contributed by atoms with E-state index >= 15 is 0 Å². The Morgan fingerprint density at radius 2 is 2.00 bits per heavy atom. The molecule has 2 nitrogen and oxygen atoms in total. The minimum Gasteiger partial charge on any atom is -0.464 e. The second kappa shape index (κ2) is 5.54. The van der Waals surface area contributed by atoms with E-state index in [0.717, 1.165) is 10.0 Å². The Kier molecular flexibility index (Phi) is 4.26. The third kappa shape index (κ3) is 3.90. The van der Waals surface area contributed by atoms with Crippen molar-refractivity contribution in [1.82, 2.24) is 0 Å². The molecule has 0 amide bonds. The van der Waals surface area contributed by atoms with Gasteiger partial charge in [-0.1, -0.05) is 34.1 Å². The molecule has 0 aliphatic rings. The van der Waals surface area contributed by atoms with E-state index in [9.17, 15) is 4.79 Å². The standard InChI is InChI=1S/C10H9BrO2/c11-10-5-3-9(4-6-10)2-1-7-13-8-12/h1-6,8H,7H2/b2-1+. The minimum atomic E-state index is 0.319. The van der Waals surface area contributed by atoms with Gasteiger partial charge >= 0.3 is 0 Å². The molecule has 3 heteroatoms. The van der Waals surface area contributed by atoms with Crippen LogP contribution in [-0.4, -0.2) is 13.1 Å². The maximum atomic E-state index is 9.80. The fraction of sp³-hybridized carbons (Fsp3) is 0.100. The number of carbonyl (C=O) groups is 1. The summed E-state index contributed by atoms with van der Waals surface area (Å²) in [5, 5.41) is 0. The van der Waals surface area contributed by atoms with Crippen LogP contribution < -0.4 is 0 Å². The molecule has 1 aromatic carbocycles. The van der Waals surface area contributed by atoms with Crippen LogP contribution in [0.3, 0.4) is 0 Å². The first-order valence-electron chi connectivity index (χ1n) is 3.80. The molecular formula is C10H9BrO2. The average molecular weight is 241 g/mol. The minimum absolute atomic E-state index is 0.319. The van der Waals surface area contributed by atoms with Crippen LogP contribution in [0.25, 0.3) is 6.08 Å². The maximum Gasteiger partial charge on any atom is 0.293 e. The zero-order valence-corrected chi connectivity index (χ0v) is 8.53. The molecule has 0 saturated carbocycles. The predicted octanol–water partition coefficient (Wildman–Crippen LogP) is 2.64. The lowest BCUT2D eigenvalue weighted by molar-refractivity contribution is -0.127. The molecule has 0 aliphatic heterocycles. The highest BCUT2D eigenvalue weighted by atomic mass is 79.9. The fourth-order valence-corrected chi connectivity index (χ4v) is 1.12. The highest BCUT2D eigenvalue weighted by Crippen LogP contribution is 2.11. The molecule has 0 N–H and O–H groups in total. The van der Waals surface area contributed by atoms with Crippen molar-refractivity contribution in [2.24, 2.45) is 0 Å². The number of benzene rings is 1. The molecule has 1 aromatic rings. The number of hydrogen-bond donors (Lipinski definition) is 0. The molecule has 0 saturated heterocycles. The van der Waals surface area contributed by atoms with E-state index in [2.05, 4.69) is 20.7 Å². The summed E-state index contributed by atoms with van der Waals surface area (Å²) in [6.45, 7) is 0.755. The summed E-state index contributed by atoms with van der Waals surface area (Å²) in [5.41, 5.74) is 1.08. The molecule has 0 aromatic heterocycles. The lowest BCUT2D eigenvalue weighted by atomic mass is 10.2. The SMILES string of the molecule is O=COC/C=C/c1ccc(Br)cc1. The van der Waals surface area contributed by atoms with E-state index in [-0.39, 0.29) is 0 Å². The van der Waals surface area contributed by atoms with Crippen LogP contribution >= 0.6 is 15.9 Å². The Morgan fingerprint density at radius 1 is 1.31 bits per heavy atom. The van der Waals surface area contributed by atoms with Crippen LogP contribution in [0, 0.1) is 0 Å². The van der Waals surface area contributed by atoms with Gasteiger partial charge in [0, 0.05) is 4.47 Å². The normalized spacial score (nSPS) is 10.2. The van der Waals surface area contributed by atoms with E-state index in [1.807, 2.05) is 30.3 Å². The quantitative estimate of drug-likeness (QED) is 0.598. The molecule has 0 aliphatic carbocycles. The second-order valence-corrected chi connectivity index (χ2v) is 3.30. The van der Waals surface area contributed by atoms with Gasteiger partial charge in [0.15, 0.2) is 0 Å². The highest BCUT2D eigenvalue weighted by Gasteiger charge is 1.86. The Labute approximate surface area is 85.3 Å². The Hall–Kier alpha value is -1.09. The third-order valence-electron chi connectivity index (χ3n) is 1.44. The lowest BCUT2D eigenvalue weighted by Gasteiger charge is -1.93. The summed E-state index contributed by atoms with van der Waals surface area (Å²) in [5.74, 6) is 0. The third-order valence-corrected chi connectivity index (χ3v) is 1.97. The van der Waals surface area contributed by atoms with Gasteiger partial charge in [-0.15, -0.1) is 0 Å². The Balaban J connectivity index is 2.49. The molecule has 0 bridgehead atoms. The van der Waals surface area contributed by atoms with Crippen LogP contribution in [0.15, 0.2) is 34.8 Å². The summed E-state index contributed by atoms with van der Waals surface area (Å²) in [4.78, 5) is 9.80. The van der Waals surface area contributed by atoms with Gasteiger partial charge in [0.25, 0.3) is 6.47 Å². The van der Waals surface area contributed by atoms with Crippen LogP contribution in [0.2, 0.25) is 0 Å². The zero-order chi connectivity index (χ0) is 9.52. The van der Waals surface area contributed by atoms with Crippen molar-refractivity contribution in [2.45, 2.75) is 0 Å². The molecule has 0 spiro atoms. The van der Waals surface area contributed by atoms with Gasteiger partial charge in [-0.05, 0) is 23.8 Å². The first-order valence-corrected chi connectivity index (χ1v) is 4.59. The molecule has 13 heavy (non-hydrogen) atoms. The van der Waals surface area contributed by atoms with Gasteiger partial charge in [-0.25, -0.2) is 0 Å². The van der Waals surface area contributed by atoms with E-state index < -0.39 is 0 Å². The topological polar surface area (TPSA) is 26.3 Å². The van der Waals surface area contributed by atoms with Crippen molar-refractivity contribution in [3.8, 4) is 0 Å². The van der Waals surface area contributed by atoms with Gasteiger partial charge < -0.3 is 4.74 Å². The summed E-state index contributed by atoms with van der Waals surface area (Å²) in [6, 6.07) is 7.86. The smallest absolute Gasteiger partial charge is 0.293 e. The monoisotopic (exact) mass is 240 g/mol. The highest BCUT2D eigenvalue weighted by molar-refractivity contribution is 9.10. The molecule has 0 radical (unpaired) electrons.